The molecular formula is C18H23ClN4O. The molecule has 1 amide bonds. The second-order valence-corrected chi connectivity index (χ2v) is 6.69. The van der Waals surface area contributed by atoms with Crippen molar-refractivity contribution in [2.45, 2.75) is 39.3 Å². The third kappa shape index (κ3) is 3.62. The lowest BCUT2D eigenvalue weighted by atomic mass is 10.2. The first-order valence-electron chi connectivity index (χ1n) is 8.37. The van der Waals surface area contributed by atoms with Gasteiger partial charge in [-0.15, -0.1) is 0 Å². The zero-order chi connectivity index (χ0) is 17.1. The van der Waals surface area contributed by atoms with E-state index >= 15 is 0 Å². The minimum atomic E-state index is 0.211. The highest BCUT2D eigenvalue weighted by Gasteiger charge is 2.22. The molecule has 128 valence electrons. The molecule has 2 aromatic rings. The molecular weight excluding hydrogens is 324 g/mol. The van der Waals surface area contributed by atoms with Gasteiger partial charge in [-0.2, -0.15) is 5.10 Å². The molecule has 0 spiro atoms. The molecule has 0 saturated carbocycles. The Labute approximate surface area is 147 Å². The van der Waals surface area contributed by atoms with Crippen molar-refractivity contribution in [3.63, 3.8) is 0 Å². The highest BCUT2D eigenvalue weighted by Crippen LogP contribution is 2.23. The lowest BCUT2D eigenvalue weighted by Crippen LogP contribution is -2.39. The molecule has 1 fully saturated rings. The van der Waals surface area contributed by atoms with Crippen LogP contribution < -0.4 is 5.32 Å². The molecule has 1 aliphatic heterocycles. The Morgan fingerprint density at radius 1 is 1.33 bits per heavy atom. The van der Waals surface area contributed by atoms with Gasteiger partial charge in [-0.3, -0.25) is 4.79 Å². The van der Waals surface area contributed by atoms with E-state index in [2.05, 4.69) is 17.3 Å². The fourth-order valence-corrected chi connectivity index (χ4v) is 3.38. The van der Waals surface area contributed by atoms with Gasteiger partial charge in [-0.25, -0.2) is 4.68 Å². The fourth-order valence-electron chi connectivity index (χ4n) is 3.04. The zero-order valence-electron chi connectivity index (χ0n) is 14.1. The number of hydrogen-bond donors (Lipinski definition) is 1. The molecule has 2 heterocycles. The molecule has 24 heavy (non-hydrogen) atoms. The van der Waals surface area contributed by atoms with Gasteiger partial charge in [0.15, 0.2) is 0 Å². The standard InChI is InChI=1S/C18H23ClN4O/c1-13(12-22-10-6-9-17(22)24)20-11-16-14(2)21-23(18(16)19)15-7-4-3-5-8-15/h3-5,7-8,13,20H,6,9-12H2,1-2H3/t13-/m0/s1. The average molecular weight is 347 g/mol. The van der Waals surface area contributed by atoms with Crippen molar-refractivity contribution in [1.82, 2.24) is 20.0 Å². The monoisotopic (exact) mass is 346 g/mol. The van der Waals surface area contributed by atoms with E-state index in [0.29, 0.717) is 18.1 Å². The van der Waals surface area contributed by atoms with Crippen molar-refractivity contribution in [2.75, 3.05) is 13.1 Å². The molecule has 1 atom stereocenters. The maximum atomic E-state index is 11.7. The highest BCUT2D eigenvalue weighted by atomic mass is 35.5. The van der Waals surface area contributed by atoms with E-state index < -0.39 is 0 Å². The third-order valence-corrected chi connectivity index (χ3v) is 4.80. The van der Waals surface area contributed by atoms with Crippen LogP contribution >= 0.6 is 11.6 Å². The van der Waals surface area contributed by atoms with Crippen LogP contribution in [-0.4, -0.2) is 39.7 Å². The molecule has 1 N–H and O–H groups in total. The summed E-state index contributed by atoms with van der Waals surface area (Å²) in [4.78, 5) is 13.6. The number of benzene rings is 1. The summed E-state index contributed by atoms with van der Waals surface area (Å²) in [6, 6.07) is 10.1. The summed E-state index contributed by atoms with van der Waals surface area (Å²) in [6.07, 6.45) is 1.65. The largest absolute Gasteiger partial charge is 0.341 e. The number of aryl methyl sites for hydroxylation is 1. The van der Waals surface area contributed by atoms with Gasteiger partial charge in [0.1, 0.15) is 5.15 Å². The number of aromatic nitrogens is 2. The predicted molar refractivity (Wildman–Crippen MR) is 95.4 cm³/mol. The van der Waals surface area contributed by atoms with E-state index in [0.717, 1.165) is 36.5 Å². The van der Waals surface area contributed by atoms with E-state index in [1.807, 2.05) is 42.2 Å². The number of para-hydroxylation sites is 1. The zero-order valence-corrected chi connectivity index (χ0v) is 14.9. The summed E-state index contributed by atoms with van der Waals surface area (Å²) in [5.41, 5.74) is 2.87. The van der Waals surface area contributed by atoms with Crippen LogP contribution in [0.1, 0.15) is 31.0 Å². The Bertz CT molecular complexity index is 713. The van der Waals surface area contributed by atoms with E-state index in [1.165, 1.54) is 0 Å². The molecule has 0 radical (unpaired) electrons. The minimum absolute atomic E-state index is 0.211. The number of hydrogen-bond acceptors (Lipinski definition) is 3. The van der Waals surface area contributed by atoms with Gasteiger partial charge in [-0.1, -0.05) is 29.8 Å². The van der Waals surface area contributed by atoms with Crippen LogP contribution in [0.4, 0.5) is 0 Å². The molecule has 0 bridgehead atoms. The van der Waals surface area contributed by atoms with E-state index in [9.17, 15) is 4.79 Å². The molecule has 1 aromatic heterocycles. The van der Waals surface area contributed by atoms with Gasteiger partial charge in [0, 0.05) is 37.7 Å². The van der Waals surface area contributed by atoms with E-state index in [4.69, 9.17) is 11.6 Å². The van der Waals surface area contributed by atoms with Crippen LogP contribution in [0.2, 0.25) is 5.15 Å². The molecule has 0 aliphatic carbocycles. The fraction of sp³-hybridized carbons (Fsp3) is 0.444. The lowest BCUT2D eigenvalue weighted by Gasteiger charge is -2.21. The summed E-state index contributed by atoms with van der Waals surface area (Å²) in [7, 11) is 0. The van der Waals surface area contributed by atoms with Crippen LogP contribution in [0.25, 0.3) is 5.69 Å². The van der Waals surface area contributed by atoms with Gasteiger partial charge in [-0.05, 0) is 32.4 Å². The normalized spacial score (nSPS) is 16.0. The van der Waals surface area contributed by atoms with Crippen molar-refractivity contribution in [3.8, 4) is 5.69 Å². The number of amides is 1. The first-order valence-corrected chi connectivity index (χ1v) is 8.74. The quantitative estimate of drug-likeness (QED) is 0.875. The third-order valence-electron chi connectivity index (χ3n) is 4.42. The number of rotatable bonds is 6. The SMILES string of the molecule is Cc1nn(-c2ccccc2)c(Cl)c1CN[C@@H](C)CN1CCCC1=O. The molecule has 1 aliphatic rings. The Balaban J connectivity index is 1.65. The van der Waals surface area contributed by atoms with Crippen molar-refractivity contribution >= 4 is 17.5 Å². The minimum Gasteiger partial charge on any atom is -0.341 e. The van der Waals surface area contributed by atoms with Crippen LogP contribution in [0.3, 0.4) is 0 Å². The Morgan fingerprint density at radius 3 is 2.75 bits per heavy atom. The first-order chi connectivity index (χ1) is 11.6. The van der Waals surface area contributed by atoms with Gasteiger partial charge >= 0.3 is 0 Å². The van der Waals surface area contributed by atoms with Crippen molar-refractivity contribution in [1.29, 1.82) is 0 Å². The summed E-state index contributed by atoms with van der Waals surface area (Å²) >= 11 is 6.54. The Kier molecular flexibility index (Phi) is 5.21. The first kappa shape index (κ1) is 17.0. The molecule has 5 nitrogen and oxygen atoms in total. The summed E-state index contributed by atoms with van der Waals surface area (Å²) in [5.74, 6) is 0.259. The lowest BCUT2D eigenvalue weighted by molar-refractivity contribution is -0.127. The van der Waals surface area contributed by atoms with Gasteiger partial charge in [0.25, 0.3) is 0 Å². The topological polar surface area (TPSA) is 50.2 Å². The summed E-state index contributed by atoms with van der Waals surface area (Å²) in [6.45, 7) is 6.31. The van der Waals surface area contributed by atoms with Crippen LogP contribution in [0.15, 0.2) is 30.3 Å². The molecule has 1 aromatic carbocycles. The maximum absolute atomic E-state index is 11.7. The number of nitrogens with zero attached hydrogens (tertiary/aromatic N) is 3. The Morgan fingerprint density at radius 2 is 2.08 bits per heavy atom. The molecule has 6 heteroatoms. The molecule has 0 unspecified atom stereocenters. The molecule has 1 saturated heterocycles. The van der Waals surface area contributed by atoms with E-state index in [1.54, 1.807) is 4.68 Å². The van der Waals surface area contributed by atoms with Crippen molar-refractivity contribution in [3.05, 3.63) is 46.7 Å². The van der Waals surface area contributed by atoms with Gasteiger partial charge in [0.2, 0.25) is 5.91 Å². The Hall–Kier alpha value is -1.85. The highest BCUT2D eigenvalue weighted by molar-refractivity contribution is 6.30. The summed E-state index contributed by atoms with van der Waals surface area (Å²) < 4.78 is 1.77. The number of likely N-dealkylation sites (tertiary alicyclic amines) is 1. The second-order valence-electron chi connectivity index (χ2n) is 6.33. The average Bonchev–Trinajstić information content (AvgIpc) is 3.10. The smallest absolute Gasteiger partial charge is 0.222 e. The van der Waals surface area contributed by atoms with Crippen molar-refractivity contribution in [2.24, 2.45) is 0 Å². The summed E-state index contributed by atoms with van der Waals surface area (Å²) in [5, 5.41) is 8.65. The van der Waals surface area contributed by atoms with Crippen LogP contribution in [0, 0.1) is 6.92 Å². The van der Waals surface area contributed by atoms with Crippen LogP contribution in [-0.2, 0) is 11.3 Å². The second kappa shape index (κ2) is 7.36. The van der Waals surface area contributed by atoms with Crippen LogP contribution in [0.5, 0.6) is 0 Å². The van der Waals surface area contributed by atoms with Gasteiger partial charge in [0.05, 0.1) is 11.4 Å². The number of carbonyl (C=O) groups excluding carboxylic acids is 1. The predicted octanol–water partition coefficient (Wildman–Crippen LogP) is 2.93. The van der Waals surface area contributed by atoms with Crippen molar-refractivity contribution < 1.29 is 4.79 Å². The molecule has 3 rings (SSSR count). The number of halogens is 1. The maximum Gasteiger partial charge on any atom is 0.222 e. The van der Waals surface area contributed by atoms with Gasteiger partial charge < -0.3 is 10.2 Å². The van der Waals surface area contributed by atoms with E-state index in [-0.39, 0.29) is 11.9 Å². The number of carbonyl (C=O) groups is 1. The number of nitrogens with one attached hydrogen (secondary N) is 1.